The van der Waals surface area contributed by atoms with Gasteiger partial charge in [0, 0.05) is 6.42 Å². The van der Waals surface area contributed by atoms with Gasteiger partial charge in [0.25, 0.3) is 0 Å². The minimum Gasteiger partial charge on any atom is -0.385 e. The topological polar surface area (TPSA) is 20.2 Å². The van der Waals surface area contributed by atoms with Crippen LogP contribution in [0, 0.1) is 13.8 Å². The van der Waals surface area contributed by atoms with Crippen molar-refractivity contribution in [3.05, 3.63) is 57.3 Å². The van der Waals surface area contributed by atoms with Gasteiger partial charge in [-0.3, -0.25) is 0 Å². The summed E-state index contributed by atoms with van der Waals surface area (Å²) in [5.41, 5.74) is 3.89. The number of aryl methyl sites for hydroxylation is 2. The highest BCUT2D eigenvalue weighted by Crippen LogP contribution is 2.27. The van der Waals surface area contributed by atoms with E-state index in [1.54, 1.807) is 11.3 Å². The van der Waals surface area contributed by atoms with Gasteiger partial charge in [0.2, 0.25) is 0 Å². The summed E-state index contributed by atoms with van der Waals surface area (Å²) in [6.45, 7) is 6.06. The Morgan fingerprint density at radius 2 is 1.94 bits per heavy atom. The van der Waals surface area contributed by atoms with Crippen LogP contribution >= 0.6 is 11.3 Å². The van der Waals surface area contributed by atoms with E-state index in [0.29, 0.717) is 6.42 Å². The average molecular weight is 246 g/mol. The van der Waals surface area contributed by atoms with E-state index in [0.717, 1.165) is 5.56 Å². The van der Waals surface area contributed by atoms with Crippen LogP contribution in [0.15, 0.2) is 35.0 Å². The predicted molar refractivity (Wildman–Crippen MR) is 73.5 cm³/mol. The minimum absolute atomic E-state index is 0.666. The third-order valence-corrected chi connectivity index (χ3v) is 3.99. The fourth-order valence-corrected chi connectivity index (χ4v) is 2.64. The second-order valence-corrected chi connectivity index (χ2v) is 5.66. The van der Waals surface area contributed by atoms with E-state index >= 15 is 0 Å². The molecule has 0 aliphatic rings. The molecular weight excluding hydrogens is 228 g/mol. The number of thiophene rings is 1. The largest absolute Gasteiger partial charge is 0.385 e. The second-order valence-electron chi connectivity index (χ2n) is 4.88. The molecule has 1 unspecified atom stereocenters. The third-order valence-electron chi connectivity index (χ3n) is 3.26. The number of hydrogen-bond acceptors (Lipinski definition) is 2. The Balaban J connectivity index is 2.27. The van der Waals surface area contributed by atoms with Crippen LogP contribution in [0.3, 0.4) is 0 Å². The van der Waals surface area contributed by atoms with Gasteiger partial charge < -0.3 is 5.11 Å². The predicted octanol–water partition coefficient (Wildman–Crippen LogP) is 3.82. The van der Waals surface area contributed by atoms with Gasteiger partial charge in [0.1, 0.15) is 0 Å². The maximum atomic E-state index is 10.6. The molecule has 0 aliphatic heterocycles. The van der Waals surface area contributed by atoms with Crippen molar-refractivity contribution >= 4 is 11.3 Å². The zero-order chi connectivity index (χ0) is 12.5. The van der Waals surface area contributed by atoms with E-state index in [2.05, 4.69) is 37.4 Å². The second kappa shape index (κ2) is 4.63. The fourth-order valence-electron chi connectivity index (χ4n) is 1.97. The van der Waals surface area contributed by atoms with E-state index in [-0.39, 0.29) is 0 Å². The molecule has 2 rings (SSSR count). The molecular formula is C15H18OS. The van der Waals surface area contributed by atoms with E-state index in [1.807, 2.05) is 18.4 Å². The molecule has 0 radical (unpaired) electrons. The SMILES string of the molecule is Cc1ccc(C(C)(O)Cc2ccsc2)cc1C. The average Bonchev–Trinajstić information content (AvgIpc) is 2.73. The van der Waals surface area contributed by atoms with E-state index < -0.39 is 5.60 Å². The Morgan fingerprint density at radius 3 is 2.53 bits per heavy atom. The van der Waals surface area contributed by atoms with Gasteiger partial charge in [-0.05, 0) is 59.9 Å². The van der Waals surface area contributed by atoms with Crippen molar-refractivity contribution in [1.82, 2.24) is 0 Å². The van der Waals surface area contributed by atoms with Gasteiger partial charge in [-0.1, -0.05) is 18.2 Å². The van der Waals surface area contributed by atoms with Crippen molar-refractivity contribution < 1.29 is 5.11 Å². The molecule has 0 bridgehead atoms. The molecule has 0 spiro atoms. The highest BCUT2D eigenvalue weighted by atomic mass is 32.1. The Morgan fingerprint density at radius 1 is 1.18 bits per heavy atom. The van der Waals surface area contributed by atoms with E-state index in [9.17, 15) is 5.11 Å². The van der Waals surface area contributed by atoms with Crippen LogP contribution in [0.1, 0.15) is 29.2 Å². The van der Waals surface area contributed by atoms with Gasteiger partial charge in [0.05, 0.1) is 5.60 Å². The molecule has 0 saturated carbocycles. The molecule has 0 aliphatic carbocycles. The van der Waals surface area contributed by atoms with Crippen molar-refractivity contribution in [2.45, 2.75) is 32.8 Å². The summed E-state index contributed by atoms with van der Waals surface area (Å²) in [5, 5.41) is 14.7. The maximum Gasteiger partial charge on any atom is 0.0909 e. The van der Waals surface area contributed by atoms with Gasteiger partial charge in [-0.2, -0.15) is 11.3 Å². The molecule has 0 saturated heterocycles. The number of rotatable bonds is 3. The molecule has 1 aromatic carbocycles. The highest BCUT2D eigenvalue weighted by molar-refractivity contribution is 7.07. The Bertz CT molecular complexity index is 498. The van der Waals surface area contributed by atoms with Crippen LogP contribution in [0.2, 0.25) is 0 Å². The maximum absolute atomic E-state index is 10.6. The van der Waals surface area contributed by atoms with E-state index in [1.165, 1.54) is 16.7 Å². The number of hydrogen-bond donors (Lipinski definition) is 1. The van der Waals surface area contributed by atoms with Gasteiger partial charge in [-0.25, -0.2) is 0 Å². The fraction of sp³-hybridized carbons (Fsp3) is 0.333. The normalized spacial score (nSPS) is 14.6. The van der Waals surface area contributed by atoms with Crippen LogP contribution < -0.4 is 0 Å². The summed E-state index contributed by atoms with van der Waals surface area (Å²) in [6, 6.07) is 8.25. The summed E-state index contributed by atoms with van der Waals surface area (Å²) in [6.07, 6.45) is 0.666. The van der Waals surface area contributed by atoms with E-state index in [4.69, 9.17) is 0 Å². The lowest BCUT2D eigenvalue weighted by molar-refractivity contribution is 0.0576. The number of aliphatic hydroxyl groups is 1. The lowest BCUT2D eigenvalue weighted by Gasteiger charge is -2.24. The monoisotopic (exact) mass is 246 g/mol. The zero-order valence-electron chi connectivity index (χ0n) is 10.5. The van der Waals surface area contributed by atoms with Gasteiger partial charge in [-0.15, -0.1) is 0 Å². The molecule has 0 amide bonds. The molecule has 17 heavy (non-hydrogen) atoms. The van der Waals surface area contributed by atoms with Crippen molar-refractivity contribution in [1.29, 1.82) is 0 Å². The smallest absolute Gasteiger partial charge is 0.0909 e. The summed E-state index contributed by atoms with van der Waals surface area (Å²) < 4.78 is 0. The first kappa shape index (κ1) is 12.3. The molecule has 1 aromatic heterocycles. The van der Waals surface area contributed by atoms with Crippen molar-refractivity contribution in [3.63, 3.8) is 0 Å². The molecule has 90 valence electrons. The quantitative estimate of drug-likeness (QED) is 0.873. The summed E-state index contributed by atoms with van der Waals surface area (Å²) in [5.74, 6) is 0. The molecule has 1 atom stereocenters. The first-order valence-corrected chi connectivity index (χ1v) is 6.74. The number of benzene rings is 1. The lowest BCUT2D eigenvalue weighted by Crippen LogP contribution is -2.24. The van der Waals surface area contributed by atoms with Crippen molar-refractivity contribution in [2.75, 3.05) is 0 Å². The summed E-state index contributed by atoms with van der Waals surface area (Å²) in [4.78, 5) is 0. The Kier molecular flexibility index (Phi) is 3.36. The van der Waals surface area contributed by atoms with Crippen LogP contribution in [0.25, 0.3) is 0 Å². The van der Waals surface area contributed by atoms with Crippen LogP contribution in [0.5, 0.6) is 0 Å². The first-order valence-electron chi connectivity index (χ1n) is 5.80. The Hall–Kier alpha value is -1.12. The zero-order valence-corrected chi connectivity index (χ0v) is 11.3. The molecule has 1 N–H and O–H groups in total. The van der Waals surface area contributed by atoms with Crippen molar-refractivity contribution in [3.8, 4) is 0 Å². The molecule has 1 heterocycles. The van der Waals surface area contributed by atoms with Crippen LogP contribution in [-0.2, 0) is 12.0 Å². The van der Waals surface area contributed by atoms with Crippen molar-refractivity contribution in [2.24, 2.45) is 0 Å². The summed E-state index contributed by atoms with van der Waals surface area (Å²) in [7, 11) is 0. The highest BCUT2D eigenvalue weighted by Gasteiger charge is 2.23. The Labute approximate surface area is 107 Å². The molecule has 2 heteroatoms. The summed E-state index contributed by atoms with van der Waals surface area (Å²) >= 11 is 1.67. The van der Waals surface area contributed by atoms with Gasteiger partial charge >= 0.3 is 0 Å². The third kappa shape index (κ3) is 2.76. The molecule has 2 aromatic rings. The standard InChI is InChI=1S/C15H18OS/c1-11-4-5-14(8-12(11)2)15(3,16)9-13-6-7-17-10-13/h4-8,10,16H,9H2,1-3H3. The lowest BCUT2D eigenvalue weighted by atomic mass is 9.88. The first-order chi connectivity index (χ1) is 7.99. The van der Waals surface area contributed by atoms with Crippen LogP contribution in [-0.4, -0.2) is 5.11 Å². The molecule has 0 fully saturated rings. The molecule has 1 nitrogen and oxygen atoms in total. The minimum atomic E-state index is -0.792. The van der Waals surface area contributed by atoms with Crippen LogP contribution in [0.4, 0.5) is 0 Å². The van der Waals surface area contributed by atoms with Gasteiger partial charge in [0.15, 0.2) is 0 Å².